The van der Waals surface area contributed by atoms with E-state index < -0.39 is 8.80 Å². The maximum Gasteiger partial charge on any atom is 0.500 e. The van der Waals surface area contributed by atoms with Gasteiger partial charge in [0.25, 0.3) is 0 Å². The normalized spacial score (nSPS) is 12.0. The van der Waals surface area contributed by atoms with Gasteiger partial charge in [0.15, 0.2) is 0 Å². The third kappa shape index (κ3) is 22.6. The Bertz CT molecular complexity index is 374. The average Bonchev–Trinajstić information content (AvgIpc) is 2.86. The summed E-state index contributed by atoms with van der Waals surface area (Å²) >= 11 is 0. The fraction of sp³-hybridized carbons (Fsp3) is 1.00. The van der Waals surface area contributed by atoms with E-state index in [1.165, 1.54) is 148 Å². The van der Waals surface area contributed by atoms with Crippen LogP contribution in [-0.4, -0.2) is 29.6 Å². The molecule has 34 heavy (non-hydrogen) atoms. The summed E-state index contributed by atoms with van der Waals surface area (Å²) in [5.41, 5.74) is 0. The van der Waals surface area contributed by atoms with Gasteiger partial charge < -0.3 is 13.3 Å². The highest BCUT2D eigenvalue weighted by Gasteiger charge is 2.38. The fourth-order valence-electron chi connectivity index (χ4n) is 4.83. The monoisotopic (exact) mass is 500 g/mol. The van der Waals surface area contributed by atoms with Gasteiger partial charge >= 0.3 is 8.80 Å². The molecule has 0 atom stereocenters. The first-order valence-electron chi connectivity index (χ1n) is 15.5. The number of unbranched alkanes of at least 4 members (excludes halogenated alkanes) is 22. The van der Waals surface area contributed by atoms with Crippen molar-refractivity contribution >= 4 is 8.80 Å². The third-order valence-electron chi connectivity index (χ3n) is 7.28. The van der Waals surface area contributed by atoms with Crippen LogP contribution in [0.5, 0.6) is 0 Å². The predicted molar refractivity (Wildman–Crippen MR) is 153 cm³/mol. The molecule has 0 saturated heterocycles. The molecule has 0 radical (unpaired) electrons. The molecule has 0 rings (SSSR count). The lowest BCUT2D eigenvalue weighted by Crippen LogP contribution is -2.44. The van der Waals surface area contributed by atoms with Gasteiger partial charge in [-0.3, -0.25) is 0 Å². The number of rotatable bonds is 29. The maximum atomic E-state index is 6.20. The Morgan fingerprint density at radius 1 is 0.382 bits per heavy atom. The molecule has 3 nitrogen and oxygen atoms in total. The molecule has 0 amide bonds. The lowest BCUT2D eigenvalue weighted by molar-refractivity contribution is 0.0955. The quantitative estimate of drug-likeness (QED) is 0.0754. The summed E-state index contributed by atoms with van der Waals surface area (Å²) < 4.78 is 17.7. The van der Waals surface area contributed by atoms with E-state index in [1.54, 1.807) is 14.2 Å². The number of hydrogen-bond acceptors (Lipinski definition) is 3. The van der Waals surface area contributed by atoms with Crippen LogP contribution in [0, 0.1) is 0 Å². The van der Waals surface area contributed by atoms with Crippen molar-refractivity contribution in [1.29, 1.82) is 0 Å². The van der Waals surface area contributed by atoms with Gasteiger partial charge in [-0.15, -0.1) is 0 Å². The summed E-state index contributed by atoms with van der Waals surface area (Å²) in [5.74, 6) is 0. The fourth-order valence-corrected chi connectivity index (χ4v) is 6.92. The first-order chi connectivity index (χ1) is 16.7. The van der Waals surface area contributed by atoms with Crippen molar-refractivity contribution in [2.45, 2.75) is 174 Å². The van der Waals surface area contributed by atoms with E-state index in [0.717, 1.165) is 19.1 Å². The summed E-state index contributed by atoms with van der Waals surface area (Å²) in [6.45, 7) is 5.37. The molecular weight excluding hydrogens is 436 g/mol. The first kappa shape index (κ1) is 34.1. The van der Waals surface area contributed by atoms with Crippen molar-refractivity contribution in [2.24, 2.45) is 0 Å². The second-order valence-electron chi connectivity index (χ2n) is 10.5. The van der Waals surface area contributed by atoms with Gasteiger partial charge in [-0.25, -0.2) is 0 Å². The summed E-state index contributed by atoms with van der Waals surface area (Å²) in [6.07, 6.45) is 33.0. The van der Waals surface area contributed by atoms with Gasteiger partial charge in [-0.1, -0.05) is 155 Å². The van der Waals surface area contributed by atoms with Crippen molar-refractivity contribution in [1.82, 2.24) is 0 Å². The van der Waals surface area contributed by atoms with Crippen LogP contribution in [0.4, 0.5) is 0 Å². The zero-order valence-corrected chi connectivity index (χ0v) is 25.1. The minimum Gasteiger partial charge on any atom is -0.377 e. The van der Waals surface area contributed by atoms with Gasteiger partial charge in [0.05, 0.1) is 0 Å². The molecule has 0 saturated carbocycles. The Morgan fingerprint density at radius 2 is 0.676 bits per heavy atom. The Morgan fingerprint density at radius 3 is 1.00 bits per heavy atom. The largest absolute Gasteiger partial charge is 0.500 e. The summed E-state index contributed by atoms with van der Waals surface area (Å²) in [6, 6.07) is 0.966. The van der Waals surface area contributed by atoms with Gasteiger partial charge in [-0.2, -0.15) is 0 Å². The molecule has 0 heterocycles. The van der Waals surface area contributed by atoms with Crippen LogP contribution < -0.4 is 0 Å². The molecule has 0 N–H and O–H groups in total. The smallest absolute Gasteiger partial charge is 0.377 e. The van der Waals surface area contributed by atoms with Gasteiger partial charge in [0.2, 0.25) is 0 Å². The second kappa shape index (κ2) is 27.7. The Hall–Kier alpha value is 0.0969. The van der Waals surface area contributed by atoms with E-state index in [0.29, 0.717) is 0 Å². The highest BCUT2D eigenvalue weighted by molar-refractivity contribution is 6.60. The zero-order chi connectivity index (χ0) is 25.0. The van der Waals surface area contributed by atoms with Crippen LogP contribution in [-0.2, 0) is 13.3 Å². The molecule has 0 aliphatic heterocycles. The standard InChI is InChI=1S/C30H64O3Si/c1-5-7-9-11-13-15-16-17-18-19-20-21-22-23-25-27-29-33-34(31-3,32-4)30-28-26-24-14-12-10-8-6-2/h5-30H2,1-4H3. The number of hydrogen-bond donors (Lipinski definition) is 0. The minimum absolute atomic E-state index is 0.795. The molecule has 0 aromatic rings. The summed E-state index contributed by atoms with van der Waals surface area (Å²) in [7, 11) is 1.11. The van der Waals surface area contributed by atoms with E-state index in [1.807, 2.05) is 0 Å². The molecule has 0 aromatic carbocycles. The van der Waals surface area contributed by atoms with E-state index >= 15 is 0 Å². The van der Waals surface area contributed by atoms with Crippen LogP contribution in [0.2, 0.25) is 6.04 Å². The lowest BCUT2D eigenvalue weighted by Gasteiger charge is -2.26. The Balaban J connectivity index is 3.50. The molecule has 4 heteroatoms. The SMILES string of the molecule is CCCCCCCCCCCCCCCCCCO[Si](CCCCCCCCCC)(OC)OC. The van der Waals surface area contributed by atoms with Crippen molar-refractivity contribution in [2.75, 3.05) is 20.8 Å². The van der Waals surface area contributed by atoms with Crippen molar-refractivity contribution in [3.63, 3.8) is 0 Å². The van der Waals surface area contributed by atoms with Crippen molar-refractivity contribution < 1.29 is 13.3 Å². The van der Waals surface area contributed by atoms with Gasteiger partial charge in [0, 0.05) is 26.9 Å². The van der Waals surface area contributed by atoms with Crippen LogP contribution in [0.25, 0.3) is 0 Å². The van der Waals surface area contributed by atoms with E-state index in [9.17, 15) is 0 Å². The molecule has 0 bridgehead atoms. The molecule has 0 unspecified atom stereocenters. The Kier molecular flexibility index (Phi) is 27.8. The van der Waals surface area contributed by atoms with E-state index in [-0.39, 0.29) is 0 Å². The molecular formula is C30H64O3Si. The van der Waals surface area contributed by atoms with Gasteiger partial charge in [-0.05, 0) is 12.8 Å². The lowest BCUT2D eigenvalue weighted by atomic mass is 10.0. The molecule has 0 aliphatic carbocycles. The molecule has 0 fully saturated rings. The van der Waals surface area contributed by atoms with Crippen LogP contribution in [0.1, 0.15) is 168 Å². The van der Waals surface area contributed by atoms with E-state index in [4.69, 9.17) is 13.3 Å². The van der Waals surface area contributed by atoms with Crippen LogP contribution in [0.15, 0.2) is 0 Å². The zero-order valence-electron chi connectivity index (χ0n) is 24.1. The van der Waals surface area contributed by atoms with Crippen molar-refractivity contribution in [3.05, 3.63) is 0 Å². The predicted octanol–water partition coefficient (Wildman–Crippen LogP) is 10.6. The second-order valence-corrected chi connectivity index (χ2v) is 13.4. The maximum absolute atomic E-state index is 6.20. The van der Waals surface area contributed by atoms with E-state index in [2.05, 4.69) is 13.8 Å². The average molecular weight is 501 g/mol. The molecule has 206 valence electrons. The highest BCUT2D eigenvalue weighted by atomic mass is 28.4. The topological polar surface area (TPSA) is 27.7 Å². The Labute approximate surface area is 216 Å². The van der Waals surface area contributed by atoms with Gasteiger partial charge in [0.1, 0.15) is 0 Å². The van der Waals surface area contributed by atoms with Crippen LogP contribution in [0.3, 0.4) is 0 Å². The molecule has 0 spiro atoms. The van der Waals surface area contributed by atoms with Crippen LogP contribution >= 0.6 is 0 Å². The van der Waals surface area contributed by atoms with Crippen molar-refractivity contribution in [3.8, 4) is 0 Å². The minimum atomic E-state index is -2.43. The molecule has 0 aromatic heterocycles. The first-order valence-corrected chi connectivity index (χ1v) is 17.4. The molecule has 0 aliphatic rings. The summed E-state index contributed by atoms with van der Waals surface area (Å²) in [4.78, 5) is 0. The highest BCUT2D eigenvalue weighted by Crippen LogP contribution is 2.20. The third-order valence-corrected chi connectivity index (χ3v) is 10.1. The summed E-state index contributed by atoms with van der Waals surface area (Å²) in [5, 5.41) is 0.